The number of thioether (sulfide) groups is 1. The van der Waals surface area contributed by atoms with Gasteiger partial charge in [0.25, 0.3) is 5.91 Å². The van der Waals surface area contributed by atoms with E-state index in [1.54, 1.807) is 5.01 Å². The first-order valence-corrected chi connectivity index (χ1v) is 6.39. The van der Waals surface area contributed by atoms with Crippen LogP contribution < -0.4 is 5.43 Å². The highest BCUT2D eigenvalue weighted by Gasteiger charge is 2.13. The van der Waals surface area contributed by atoms with Crippen LogP contribution in [0.1, 0.15) is 22.3 Å². The van der Waals surface area contributed by atoms with Crippen molar-refractivity contribution in [3.05, 3.63) is 29.3 Å². The van der Waals surface area contributed by atoms with Gasteiger partial charge >= 0.3 is 0 Å². The first-order chi connectivity index (χ1) is 7.66. The zero-order valence-electron chi connectivity index (χ0n) is 9.62. The molecule has 0 saturated carbocycles. The summed E-state index contributed by atoms with van der Waals surface area (Å²) in [6, 6.07) is 5.97. The smallest absolute Gasteiger partial charge is 0.265 e. The molecule has 86 valence electrons. The van der Waals surface area contributed by atoms with Crippen LogP contribution in [0.2, 0.25) is 0 Å². The van der Waals surface area contributed by atoms with Gasteiger partial charge in [-0.1, -0.05) is 0 Å². The van der Waals surface area contributed by atoms with Crippen molar-refractivity contribution >= 4 is 17.7 Å². The van der Waals surface area contributed by atoms with Crippen LogP contribution >= 0.6 is 11.8 Å². The molecule has 1 heterocycles. The number of nitrogens with zero attached hydrogens (tertiary/aromatic N) is 1. The molecule has 16 heavy (non-hydrogen) atoms. The Morgan fingerprint density at radius 2 is 2.25 bits per heavy atom. The lowest BCUT2D eigenvalue weighted by molar-refractivity contribution is 0.0856. The fourth-order valence-electron chi connectivity index (χ4n) is 1.77. The molecule has 1 amide bonds. The minimum absolute atomic E-state index is 0.0385. The summed E-state index contributed by atoms with van der Waals surface area (Å²) < 4.78 is 0. The minimum Gasteiger partial charge on any atom is -0.285 e. The van der Waals surface area contributed by atoms with E-state index in [0.717, 1.165) is 12.0 Å². The van der Waals surface area contributed by atoms with Gasteiger partial charge in [-0.2, -0.15) is 0 Å². The Hall–Kier alpha value is -1.00. The van der Waals surface area contributed by atoms with Crippen molar-refractivity contribution in [1.29, 1.82) is 0 Å². The summed E-state index contributed by atoms with van der Waals surface area (Å²) in [6.07, 6.45) is 2.29. The lowest BCUT2D eigenvalue weighted by Crippen LogP contribution is -2.36. The number of fused-ring (bicyclic) bond motifs is 1. The Labute approximate surface area is 100 Å². The molecule has 1 aromatic rings. The molecule has 0 aromatic heterocycles. The van der Waals surface area contributed by atoms with Crippen molar-refractivity contribution < 1.29 is 4.79 Å². The van der Waals surface area contributed by atoms with Crippen LogP contribution in [0, 0.1) is 0 Å². The number of hydrazine groups is 1. The summed E-state index contributed by atoms with van der Waals surface area (Å²) in [7, 11) is 3.62. The third-order valence-corrected chi connectivity index (χ3v) is 3.70. The van der Waals surface area contributed by atoms with Crippen LogP contribution in [0.5, 0.6) is 0 Å². The zero-order valence-corrected chi connectivity index (χ0v) is 10.4. The van der Waals surface area contributed by atoms with Gasteiger partial charge in [-0.3, -0.25) is 10.2 Å². The largest absolute Gasteiger partial charge is 0.285 e. The van der Waals surface area contributed by atoms with E-state index in [1.165, 1.54) is 22.6 Å². The Morgan fingerprint density at radius 1 is 1.44 bits per heavy atom. The average Bonchev–Trinajstić information content (AvgIpc) is 2.27. The molecular weight excluding hydrogens is 220 g/mol. The third-order valence-electron chi connectivity index (χ3n) is 2.50. The summed E-state index contributed by atoms with van der Waals surface area (Å²) >= 11 is 1.88. The number of aryl methyl sites for hydroxylation is 1. The first kappa shape index (κ1) is 11.5. The lowest BCUT2D eigenvalue weighted by atomic mass is 10.1. The summed E-state index contributed by atoms with van der Waals surface area (Å²) in [5.41, 5.74) is 4.81. The number of hydrogen-bond donors (Lipinski definition) is 1. The highest BCUT2D eigenvalue weighted by Crippen LogP contribution is 2.30. The molecule has 0 unspecified atom stereocenters. The van der Waals surface area contributed by atoms with Crippen molar-refractivity contribution in [3.8, 4) is 0 Å². The highest BCUT2D eigenvalue weighted by molar-refractivity contribution is 7.99. The van der Waals surface area contributed by atoms with E-state index in [2.05, 4.69) is 11.5 Å². The molecular formula is C12H16N2OS. The fraction of sp³-hybridized carbons (Fsp3) is 0.417. The van der Waals surface area contributed by atoms with Crippen LogP contribution in [0.3, 0.4) is 0 Å². The second-order valence-corrected chi connectivity index (χ2v) is 5.25. The predicted octanol–water partition coefficient (Wildman–Crippen LogP) is 1.93. The maximum absolute atomic E-state index is 11.8. The van der Waals surface area contributed by atoms with Crippen molar-refractivity contribution in [1.82, 2.24) is 10.4 Å². The van der Waals surface area contributed by atoms with E-state index in [4.69, 9.17) is 0 Å². The van der Waals surface area contributed by atoms with E-state index in [-0.39, 0.29) is 5.91 Å². The monoisotopic (exact) mass is 236 g/mol. The quantitative estimate of drug-likeness (QED) is 0.796. The van der Waals surface area contributed by atoms with E-state index >= 15 is 0 Å². The van der Waals surface area contributed by atoms with E-state index in [9.17, 15) is 4.79 Å². The normalized spacial score (nSPS) is 14.7. The molecule has 4 heteroatoms. The summed E-state index contributed by atoms with van der Waals surface area (Å²) in [6.45, 7) is 0. The molecule has 0 atom stereocenters. The van der Waals surface area contributed by atoms with Gasteiger partial charge in [0.15, 0.2) is 0 Å². The number of benzene rings is 1. The van der Waals surface area contributed by atoms with Crippen molar-refractivity contribution in [2.45, 2.75) is 17.7 Å². The zero-order chi connectivity index (χ0) is 11.5. The van der Waals surface area contributed by atoms with Crippen LogP contribution in [0.15, 0.2) is 23.1 Å². The maximum Gasteiger partial charge on any atom is 0.265 e. The Morgan fingerprint density at radius 3 is 3.00 bits per heavy atom. The van der Waals surface area contributed by atoms with Gasteiger partial charge in [-0.15, -0.1) is 11.8 Å². The van der Waals surface area contributed by atoms with Gasteiger partial charge in [0.1, 0.15) is 0 Å². The standard InChI is InChI=1S/C12H16N2OS/c1-14(2)13-12(15)10-5-6-11-9(8-10)4-3-7-16-11/h5-6,8H,3-4,7H2,1-2H3,(H,13,15). The lowest BCUT2D eigenvalue weighted by Gasteiger charge is -2.17. The van der Waals surface area contributed by atoms with Gasteiger partial charge in [-0.05, 0) is 42.4 Å². The number of rotatable bonds is 2. The molecule has 1 N–H and O–H groups in total. The van der Waals surface area contributed by atoms with Crippen molar-refractivity contribution in [2.75, 3.05) is 19.8 Å². The molecule has 0 spiro atoms. The third kappa shape index (κ3) is 2.57. The fourth-order valence-corrected chi connectivity index (χ4v) is 2.79. The van der Waals surface area contributed by atoms with Crippen LogP contribution in [0.4, 0.5) is 0 Å². The topological polar surface area (TPSA) is 32.3 Å². The van der Waals surface area contributed by atoms with Gasteiger partial charge < -0.3 is 0 Å². The van der Waals surface area contributed by atoms with Gasteiger partial charge in [-0.25, -0.2) is 5.01 Å². The number of hydrogen-bond acceptors (Lipinski definition) is 3. The predicted molar refractivity (Wildman–Crippen MR) is 66.6 cm³/mol. The Kier molecular flexibility index (Phi) is 3.51. The van der Waals surface area contributed by atoms with Crippen LogP contribution in [-0.2, 0) is 6.42 Å². The van der Waals surface area contributed by atoms with E-state index < -0.39 is 0 Å². The number of carbonyl (C=O) groups is 1. The van der Waals surface area contributed by atoms with Crippen LogP contribution in [-0.4, -0.2) is 30.8 Å². The molecule has 1 aromatic carbocycles. The summed E-state index contributed by atoms with van der Waals surface area (Å²) in [4.78, 5) is 13.1. The number of carbonyl (C=O) groups excluding carboxylic acids is 1. The van der Waals surface area contributed by atoms with E-state index in [1.807, 2.05) is 38.0 Å². The molecule has 0 saturated heterocycles. The summed E-state index contributed by atoms with van der Waals surface area (Å²) in [5, 5.41) is 1.66. The maximum atomic E-state index is 11.8. The second-order valence-electron chi connectivity index (χ2n) is 4.11. The van der Waals surface area contributed by atoms with Crippen molar-refractivity contribution in [2.24, 2.45) is 0 Å². The van der Waals surface area contributed by atoms with E-state index in [0.29, 0.717) is 0 Å². The molecule has 1 aliphatic heterocycles. The molecule has 0 radical (unpaired) electrons. The summed E-state index contributed by atoms with van der Waals surface area (Å²) in [5.74, 6) is 1.15. The second kappa shape index (κ2) is 4.89. The van der Waals surface area contributed by atoms with Gasteiger partial charge in [0.05, 0.1) is 0 Å². The number of amides is 1. The number of nitrogens with one attached hydrogen (secondary N) is 1. The molecule has 0 fully saturated rings. The average molecular weight is 236 g/mol. The Bertz CT molecular complexity index is 404. The van der Waals surface area contributed by atoms with Gasteiger partial charge in [0.2, 0.25) is 0 Å². The molecule has 3 nitrogen and oxygen atoms in total. The molecule has 1 aliphatic rings. The van der Waals surface area contributed by atoms with Gasteiger partial charge in [0, 0.05) is 24.6 Å². The first-order valence-electron chi connectivity index (χ1n) is 5.41. The van der Waals surface area contributed by atoms with Crippen molar-refractivity contribution in [3.63, 3.8) is 0 Å². The highest BCUT2D eigenvalue weighted by atomic mass is 32.2. The Balaban J connectivity index is 2.19. The SMILES string of the molecule is CN(C)NC(=O)c1ccc2c(c1)CCCS2. The van der Waals surface area contributed by atoms with Crippen LogP contribution in [0.25, 0.3) is 0 Å². The molecule has 0 bridgehead atoms. The minimum atomic E-state index is -0.0385. The molecule has 2 rings (SSSR count). The molecule has 0 aliphatic carbocycles.